The van der Waals surface area contributed by atoms with Crippen LogP contribution >= 0.6 is 0 Å². The molecule has 1 aliphatic heterocycles. The highest BCUT2D eigenvalue weighted by Gasteiger charge is 2.38. The Bertz CT molecular complexity index is 622. The van der Waals surface area contributed by atoms with E-state index in [0.29, 0.717) is 29.2 Å². The Labute approximate surface area is 122 Å². The van der Waals surface area contributed by atoms with Gasteiger partial charge in [0.15, 0.2) is 0 Å². The van der Waals surface area contributed by atoms with E-state index in [0.717, 1.165) is 17.5 Å². The number of aryl methyl sites for hydroxylation is 1. The molecular weight excluding hydrogens is 272 g/mol. The van der Waals surface area contributed by atoms with Crippen LogP contribution in [0.3, 0.4) is 0 Å². The van der Waals surface area contributed by atoms with E-state index in [1.807, 2.05) is 19.9 Å². The van der Waals surface area contributed by atoms with Crippen LogP contribution in [0.5, 0.6) is 0 Å². The zero-order valence-corrected chi connectivity index (χ0v) is 13.8. The van der Waals surface area contributed by atoms with Gasteiger partial charge >= 0.3 is 0 Å². The van der Waals surface area contributed by atoms with Gasteiger partial charge < -0.3 is 5.73 Å². The molecule has 0 amide bonds. The van der Waals surface area contributed by atoms with Crippen LogP contribution in [0.4, 0.5) is 5.69 Å². The van der Waals surface area contributed by atoms with Crippen molar-refractivity contribution in [1.29, 1.82) is 0 Å². The van der Waals surface area contributed by atoms with E-state index in [9.17, 15) is 8.42 Å². The topological polar surface area (TPSA) is 63.4 Å². The van der Waals surface area contributed by atoms with Crippen LogP contribution in [-0.4, -0.2) is 25.8 Å². The summed E-state index contributed by atoms with van der Waals surface area (Å²) >= 11 is 0. The number of nitrogens with two attached hydrogens (primary N) is 1. The van der Waals surface area contributed by atoms with Gasteiger partial charge in [-0.05, 0) is 55.4 Å². The van der Waals surface area contributed by atoms with Crippen LogP contribution in [0.1, 0.15) is 37.0 Å². The molecule has 0 saturated carbocycles. The standard InChI is InChI=1S/C15H24N2O2S/c1-10-8-13(16)12(3)14(11(10)2)20(18,19)17-7-6-15(4,5)9-17/h8H,6-7,9,16H2,1-5H3. The maximum absolute atomic E-state index is 12.9. The first kappa shape index (κ1) is 15.3. The maximum Gasteiger partial charge on any atom is 0.243 e. The fourth-order valence-electron chi connectivity index (χ4n) is 2.83. The summed E-state index contributed by atoms with van der Waals surface area (Å²) in [4.78, 5) is 0.396. The second-order valence-corrected chi connectivity index (χ2v) is 8.49. The Morgan fingerprint density at radius 3 is 2.30 bits per heavy atom. The molecule has 0 unspecified atom stereocenters. The van der Waals surface area contributed by atoms with Crippen LogP contribution in [0, 0.1) is 26.2 Å². The van der Waals surface area contributed by atoms with Gasteiger partial charge in [0, 0.05) is 18.8 Å². The lowest BCUT2D eigenvalue weighted by molar-refractivity contribution is 0.375. The molecular formula is C15H24N2O2S. The smallest absolute Gasteiger partial charge is 0.243 e. The Morgan fingerprint density at radius 2 is 1.80 bits per heavy atom. The zero-order valence-electron chi connectivity index (χ0n) is 12.9. The van der Waals surface area contributed by atoms with Crippen LogP contribution < -0.4 is 5.73 Å². The summed E-state index contributed by atoms with van der Waals surface area (Å²) in [6.07, 6.45) is 0.894. The molecule has 2 N–H and O–H groups in total. The summed E-state index contributed by atoms with van der Waals surface area (Å²) < 4.78 is 27.5. The van der Waals surface area contributed by atoms with Crippen LogP contribution in [0.25, 0.3) is 0 Å². The lowest BCUT2D eigenvalue weighted by Crippen LogP contribution is -2.31. The van der Waals surface area contributed by atoms with Crippen LogP contribution in [0.2, 0.25) is 0 Å². The highest BCUT2D eigenvalue weighted by Crippen LogP contribution is 2.36. The first-order chi connectivity index (χ1) is 9.06. The number of nitrogens with zero attached hydrogens (tertiary/aromatic N) is 1. The molecule has 0 bridgehead atoms. The number of sulfonamides is 1. The highest BCUT2D eigenvalue weighted by molar-refractivity contribution is 7.89. The van der Waals surface area contributed by atoms with E-state index in [1.165, 1.54) is 0 Å². The third-order valence-electron chi connectivity index (χ3n) is 4.32. The van der Waals surface area contributed by atoms with E-state index in [4.69, 9.17) is 5.73 Å². The largest absolute Gasteiger partial charge is 0.398 e. The minimum atomic E-state index is -3.46. The van der Waals surface area contributed by atoms with Crippen molar-refractivity contribution in [3.8, 4) is 0 Å². The van der Waals surface area contributed by atoms with Gasteiger partial charge in [-0.2, -0.15) is 4.31 Å². The predicted molar refractivity (Wildman–Crippen MR) is 82.2 cm³/mol. The van der Waals surface area contributed by atoms with Crippen molar-refractivity contribution in [2.75, 3.05) is 18.8 Å². The Hall–Kier alpha value is -1.07. The van der Waals surface area contributed by atoms with Gasteiger partial charge in [-0.3, -0.25) is 0 Å². The van der Waals surface area contributed by atoms with E-state index in [-0.39, 0.29) is 5.41 Å². The van der Waals surface area contributed by atoms with Crippen LogP contribution in [0.15, 0.2) is 11.0 Å². The first-order valence-corrected chi connectivity index (χ1v) is 8.37. The molecule has 1 aromatic carbocycles. The summed E-state index contributed by atoms with van der Waals surface area (Å²) in [5, 5.41) is 0. The molecule has 1 heterocycles. The van der Waals surface area contributed by atoms with Crippen molar-refractivity contribution < 1.29 is 8.42 Å². The number of nitrogen functional groups attached to an aromatic ring is 1. The third kappa shape index (κ3) is 2.44. The second-order valence-electron chi connectivity index (χ2n) is 6.61. The normalized spacial score (nSPS) is 19.4. The van der Waals surface area contributed by atoms with Gasteiger partial charge in [-0.25, -0.2) is 8.42 Å². The number of benzene rings is 1. The Balaban J connectivity index is 2.57. The molecule has 0 spiro atoms. The highest BCUT2D eigenvalue weighted by atomic mass is 32.2. The fraction of sp³-hybridized carbons (Fsp3) is 0.600. The molecule has 1 aliphatic rings. The van der Waals surface area contributed by atoms with Crippen molar-refractivity contribution in [3.05, 3.63) is 22.8 Å². The lowest BCUT2D eigenvalue weighted by Gasteiger charge is -2.23. The number of rotatable bonds is 2. The van der Waals surface area contributed by atoms with Gasteiger partial charge in [0.05, 0.1) is 4.90 Å². The number of hydrogen-bond acceptors (Lipinski definition) is 3. The van der Waals surface area contributed by atoms with E-state index >= 15 is 0 Å². The molecule has 1 fully saturated rings. The SMILES string of the molecule is Cc1cc(N)c(C)c(S(=O)(=O)N2CCC(C)(C)C2)c1C. The average molecular weight is 296 g/mol. The molecule has 112 valence electrons. The molecule has 2 rings (SSSR count). The van der Waals surface area contributed by atoms with Gasteiger partial charge in [0.25, 0.3) is 0 Å². The van der Waals surface area contributed by atoms with Gasteiger partial charge in [-0.1, -0.05) is 13.8 Å². The van der Waals surface area contributed by atoms with Crippen molar-refractivity contribution >= 4 is 15.7 Å². The number of anilines is 1. The monoisotopic (exact) mass is 296 g/mol. The fourth-order valence-corrected chi connectivity index (χ4v) is 4.99. The minimum Gasteiger partial charge on any atom is -0.398 e. The molecule has 0 radical (unpaired) electrons. The summed E-state index contributed by atoms with van der Waals surface area (Å²) in [5.41, 5.74) is 8.94. The summed E-state index contributed by atoms with van der Waals surface area (Å²) in [7, 11) is -3.46. The van der Waals surface area contributed by atoms with Crippen molar-refractivity contribution in [2.45, 2.75) is 45.9 Å². The van der Waals surface area contributed by atoms with Gasteiger partial charge in [0.1, 0.15) is 0 Å². The average Bonchev–Trinajstić information content (AvgIpc) is 2.68. The summed E-state index contributed by atoms with van der Waals surface area (Å²) in [5.74, 6) is 0. The quantitative estimate of drug-likeness (QED) is 0.853. The molecule has 0 atom stereocenters. The predicted octanol–water partition coefficient (Wildman–Crippen LogP) is 2.61. The van der Waals surface area contributed by atoms with E-state index < -0.39 is 10.0 Å². The van der Waals surface area contributed by atoms with Crippen molar-refractivity contribution in [2.24, 2.45) is 5.41 Å². The summed E-state index contributed by atoms with van der Waals surface area (Å²) in [6, 6.07) is 1.84. The Kier molecular flexibility index (Phi) is 3.63. The number of hydrogen-bond donors (Lipinski definition) is 1. The van der Waals surface area contributed by atoms with E-state index in [1.54, 1.807) is 11.2 Å². The molecule has 5 heteroatoms. The third-order valence-corrected chi connectivity index (χ3v) is 6.44. The molecule has 4 nitrogen and oxygen atoms in total. The maximum atomic E-state index is 12.9. The van der Waals surface area contributed by atoms with Crippen LogP contribution in [-0.2, 0) is 10.0 Å². The lowest BCUT2D eigenvalue weighted by atomic mass is 9.93. The minimum absolute atomic E-state index is 0.0459. The second kappa shape index (κ2) is 4.74. The van der Waals surface area contributed by atoms with Crippen molar-refractivity contribution in [3.63, 3.8) is 0 Å². The summed E-state index contributed by atoms with van der Waals surface area (Å²) in [6.45, 7) is 10.9. The molecule has 0 aliphatic carbocycles. The molecule has 0 aromatic heterocycles. The van der Waals surface area contributed by atoms with Gasteiger partial charge in [0.2, 0.25) is 10.0 Å². The Morgan fingerprint density at radius 1 is 1.20 bits per heavy atom. The van der Waals surface area contributed by atoms with Gasteiger partial charge in [-0.15, -0.1) is 0 Å². The molecule has 1 saturated heterocycles. The zero-order chi connectivity index (χ0) is 15.3. The molecule has 1 aromatic rings. The first-order valence-electron chi connectivity index (χ1n) is 6.93. The van der Waals surface area contributed by atoms with Crippen molar-refractivity contribution in [1.82, 2.24) is 4.31 Å². The van der Waals surface area contributed by atoms with E-state index in [2.05, 4.69) is 13.8 Å². The molecule has 20 heavy (non-hydrogen) atoms.